The van der Waals surface area contributed by atoms with Crippen molar-refractivity contribution < 1.29 is 19.6 Å². The Morgan fingerprint density at radius 1 is 1.23 bits per heavy atom. The van der Waals surface area contributed by atoms with E-state index in [4.69, 9.17) is 4.74 Å². The first-order chi connectivity index (χ1) is 12.4. The zero-order valence-electron chi connectivity index (χ0n) is 14.7. The summed E-state index contributed by atoms with van der Waals surface area (Å²) in [6.07, 6.45) is -0.475. The van der Waals surface area contributed by atoms with Crippen LogP contribution in [0, 0.1) is 10.1 Å². The molecule has 0 saturated heterocycles. The molecule has 0 aromatic heterocycles. The summed E-state index contributed by atoms with van der Waals surface area (Å²) in [6.45, 7) is 3.28. The number of nitro benzene ring substituents is 1. The van der Waals surface area contributed by atoms with Gasteiger partial charge >= 0.3 is 0 Å². The molecule has 1 amide bonds. The molecule has 0 aliphatic heterocycles. The van der Waals surface area contributed by atoms with E-state index >= 15 is 0 Å². The van der Waals surface area contributed by atoms with Gasteiger partial charge in [-0.1, -0.05) is 18.2 Å². The number of anilines is 1. The molecule has 0 spiro atoms. The van der Waals surface area contributed by atoms with Gasteiger partial charge in [0.15, 0.2) is 0 Å². The average molecular weight is 358 g/mol. The molecule has 7 heteroatoms. The predicted octanol–water partition coefficient (Wildman–Crippen LogP) is 3.83. The number of carbonyl (C=O) groups excluding carboxylic acids is 1. The average Bonchev–Trinajstić information content (AvgIpc) is 2.60. The van der Waals surface area contributed by atoms with Crippen molar-refractivity contribution in [1.29, 1.82) is 0 Å². The quantitative estimate of drug-likeness (QED) is 0.551. The lowest BCUT2D eigenvalue weighted by Crippen LogP contribution is -2.18. The molecule has 0 fully saturated rings. The van der Waals surface area contributed by atoms with Crippen LogP contribution in [0.3, 0.4) is 0 Å². The molecule has 2 atom stereocenters. The van der Waals surface area contributed by atoms with Gasteiger partial charge in [0.05, 0.1) is 22.7 Å². The third-order valence-corrected chi connectivity index (χ3v) is 3.82. The second-order valence-electron chi connectivity index (χ2n) is 6.04. The highest BCUT2D eigenvalue weighted by molar-refractivity contribution is 5.90. The van der Waals surface area contributed by atoms with Crippen molar-refractivity contribution in [3.8, 4) is 5.75 Å². The first-order valence-corrected chi connectivity index (χ1v) is 8.34. The number of nitrogens with zero attached hydrogens (tertiary/aromatic N) is 1. The van der Waals surface area contributed by atoms with Crippen LogP contribution in [0.4, 0.5) is 11.4 Å². The number of para-hydroxylation sites is 1. The Bertz CT molecular complexity index is 762. The van der Waals surface area contributed by atoms with Gasteiger partial charge in [-0.15, -0.1) is 0 Å². The molecule has 26 heavy (non-hydrogen) atoms. The maximum Gasteiger partial charge on any atom is 0.275 e. The molecule has 2 N–H and O–H groups in total. The molecule has 2 aromatic rings. The van der Waals surface area contributed by atoms with Crippen molar-refractivity contribution in [3.63, 3.8) is 0 Å². The van der Waals surface area contributed by atoms with Crippen LogP contribution in [-0.4, -0.2) is 22.0 Å². The standard InChI is InChI=1S/C19H22N2O5/c1-13(8-11-19(23)20-15-6-4-3-5-7-15)26-16-9-10-18(21(24)25)17(12-16)14(2)22/h3-7,9-10,12-14,22H,8,11H2,1-2H3,(H,20,23). The van der Waals surface area contributed by atoms with E-state index in [2.05, 4.69) is 5.32 Å². The van der Waals surface area contributed by atoms with E-state index in [-0.39, 0.29) is 29.7 Å². The minimum Gasteiger partial charge on any atom is -0.491 e. The first kappa shape index (κ1) is 19.4. The van der Waals surface area contributed by atoms with Crippen LogP contribution in [0.1, 0.15) is 38.4 Å². The van der Waals surface area contributed by atoms with Crippen LogP contribution in [-0.2, 0) is 4.79 Å². The van der Waals surface area contributed by atoms with E-state index in [1.54, 1.807) is 0 Å². The van der Waals surface area contributed by atoms with E-state index in [9.17, 15) is 20.0 Å². The van der Waals surface area contributed by atoms with E-state index in [0.29, 0.717) is 12.2 Å². The van der Waals surface area contributed by atoms with E-state index in [1.807, 2.05) is 37.3 Å². The molecule has 0 radical (unpaired) electrons. The number of aliphatic hydroxyl groups is 1. The molecule has 0 saturated carbocycles. The van der Waals surface area contributed by atoms with E-state index < -0.39 is 11.0 Å². The SMILES string of the molecule is CC(CCC(=O)Nc1ccccc1)Oc1ccc([N+](=O)[O-])c(C(C)O)c1. The van der Waals surface area contributed by atoms with Crippen LogP contribution in [0.25, 0.3) is 0 Å². The number of hydrogen-bond acceptors (Lipinski definition) is 5. The number of nitrogens with one attached hydrogen (secondary N) is 1. The van der Waals surface area contributed by atoms with E-state index in [0.717, 1.165) is 5.69 Å². The highest BCUT2D eigenvalue weighted by Crippen LogP contribution is 2.29. The molecule has 2 rings (SSSR count). The molecule has 2 unspecified atom stereocenters. The summed E-state index contributed by atoms with van der Waals surface area (Å²) >= 11 is 0. The van der Waals surface area contributed by atoms with Gasteiger partial charge in [-0.25, -0.2) is 0 Å². The first-order valence-electron chi connectivity index (χ1n) is 8.34. The number of benzene rings is 2. The summed E-state index contributed by atoms with van der Waals surface area (Å²) in [5.74, 6) is 0.308. The molecule has 7 nitrogen and oxygen atoms in total. The summed E-state index contributed by atoms with van der Waals surface area (Å²) in [5, 5.41) is 23.5. The number of ether oxygens (including phenoxy) is 1. The maximum absolute atomic E-state index is 12.0. The van der Waals surface area contributed by atoms with Gasteiger partial charge in [0, 0.05) is 18.2 Å². The summed E-state index contributed by atoms with van der Waals surface area (Å²) in [4.78, 5) is 22.4. The Morgan fingerprint density at radius 2 is 1.92 bits per heavy atom. The van der Waals surface area contributed by atoms with Crippen LogP contribution in [0.15, 0.2) is 48.5 Å². The second kappa shape index (κ2) is 8.96. The van der Waals surface area contributed by atoms with Gasteiger partial charge in [0.2, 0.25) is 5.91 Å². The fraction of sp³-hybridized carbons (Fsp3) is 0.316. The molecule has 0 bridgehead atoms. The topological polar surface area (TPSA) is 102 Å². The van der Waals surface area contributed by atoms with Crippen molar-refractivity contribution in [2.45, 2.75) is 38.9 Å². The zero-order valence-corrected chi connectivity index (χ0v) is 14.7. The van der Waals surface area contributed by atoms with Crippen molar-refractivity contribution in [2.24, 2.45) is 0 Å². The molecule has 138 valence electrons. The fourth-order valence-corrected chi connectivity index (χ4v) is 2.48. The van der Waals surface area contributed by atoms with Crippen molar-refractivity contribution in [1.82, 2.24) is 0 Å². The molecular weight excluding hydrogens is 336 g/mol. The van der Waals surface area contributed by atoms with Gasteiger partial charge in [0.25, 0.3) is 5.69 Å². The molecule has 0 aliphatic carbocycles. The summed E-state index contributed by atoms with van der Waals surface area (Å²) in [5.41, 5.74) is 0.784. The summed E-state index contributed by atoms with van der Waals surface area (Å²) in [7, 11) is 0. The lowest BCUT2D eigenvalue weighted by Gasteiger charge is -2.16. The number of hydrogen-bond donors (Lipinski definition) is 2. The van der Waals surface area contributed by atoms with Gasteiger partial charge in [-0.2, -0.15) is 0 Å². The predicted molar refractivity (Wildman–Crippen MR) is 98.1 cm³/mol. The van der Waals surface area contributed by atoms with Crippen molar-refractivity contribution in [2.75, 3.05) is 5.32 Å². The Labute approximate surface area is 151 Å². The fourth-order valence-electron chi connectivity index (χ4n) is 2.48. The monoisotopic (exact) mass is 358 g/mol. The zero-order chi connectivity index (χ0) is 19.1. The Hall–Kier alpha value is -2.93. The molecule has 0 aliphatic rings. The number of rotatable bonds is 8. The lowest BCUT2D eigenvalue weighted by molar-refractivity contribution is -0.386. The van der Waals surface area contributed by atoms with Crippen LogP contribution in [0.5, 0.6) is 5.75 Å². The summed E-state index contributed by atoms with van der Waals surface area (Å²) in [6, 6.07) is 13.4. The summed E-state index contributed by atoms with van der Waals surface area (Å²) < 4.78 is 5.73. The second-order valence-corrected chi connectivity index (χ2v) is 6.04. The van der Waals surface area contributed by atoms with Crippen LogP contribution in [0.2, 0.25) is 0 Å². The van der Waals surface area contributed by atoms with Gasteiger partial charge in [-0.05, 0) is 44.5 Å². The van der Waals surface area contributed by atoms with Gasteiger partial charge < -0.3 is 15.2 Å². The highest BCUT2D eigenvalue weighted by Gasteiger charge is 2.19. The number of nitro groups is 1. The molecular formula is C19H22N2O5. The minimum atomic E-state index is -0.981. The Balaban J connectivity index is 1.91. The maximum atomic E-state index is 12.0. The van der Waals surface area contributed by atoms with Crippen molar-refractivity contribution >= 4 is 17.3 Å². The smallest absolute Gasteiger partial charge is 0.275 e. The number of aliphatic hydroxyl groups excluding tert-OH is 1. The van der Waals surface area contributed by atoms with E-state index in [1.165, 1.54) is 25.1 Å². The number of amides is 1. The Kier molecular flexibility index (Phi) is 6.68. The largest absolute Gasteiger partial charge is 0.491 e. The molecule has 2 aromatic carbocycles. The third kappa shape index (κ3) is 5.56. The van der Waals surface area contributed by atoms with Gasteiger partial charge in [0.1, 0.15) is 5.75 Å². The minimum absolute atomic E-state index is 0.111. The Morgan fingerprint density at radius 3 is 2.54 bits per heavy atom. The lowest BCUT2D eigenvalue weighted by atomic mass is 10.1. The van der Waals surface area contributed by atoms with Crippen LogP contribution < -0.4 is 10.1 Å². The highest BCUT2D eigenvalue weighted by atomic mass is 16.6. The van der Waals surface area contributed by atoms with Crippen molar-refractivity contribution in [3.05, 3.63) is 64.2 Å². The van der Waals surface area contributed by atoms with Crippen LogP contribution >= 0.6 is 0 Å². The molecule has 0 heterocycles. The number of carbonyl (C=O) groups is 1. The normalized spacial score (nSPS) is 12.9. The third-order valence-electron chi connectivity index (χ3n) is 3.82. The van der Waals surface area contributed by atoms with Gasteiger partial charge in [-0.3, -0.25) is 14.9 Å².